The first-order chi connectivity index (χ1) is 15.6. The van der Waals surface area contributed by atoms with Gasteiger partial charge in [0, 0.05) is 36.7 Å². The first-order valence-corrected chi connectivity index (χ1v) is 11.3. The van der Waals surface area contributed by atoms with Crippen molar-refractivity contribution in [3.05, 3.63) is 53.9 Å². The number of amides is 1. The lowest BCUT2D eigenvalue weighted by molar-refractivity contribution is 0.0283. The van der Waals surface area contributed by atoms with Crippen molar-refractivity contribution >= 4 is 17.1 Å². The number of ether oxygens (including phenoxy) is 2. The van der Waals surface area contributed by atoms with E-state index in [0.29, 0.717) is 11.3 Å². The molecule has 176 valence electrons. The Kier molecular flexibility index (Phi) is 6.28. The highest BCUT2D eigenvalue weighted by atomic mass is 19.1. The Balaban J connectivity index is 1.46. The zero-order valence-corrected chi connectivity index (χ0v) is 19.8. The third-order valence-corrected chi connectivity index (χ3v) is 5.89. The molecule has 4 rings (SSSR count). The first kappa shape index (κ1) is 23.0. The van der Waals surface area contributed by atoms with E-state index in [-0.39, 0.29) is 24.5 Å². The van der Waals surface area contributed by atoms with E-state index in [4.69, 9.17) is 9.47 Å². The van der Waals surface area contributed by atoms with Crippen LogP contribution in [0.25, 0.3) is 11.0 Å². The Bertz CT molecular complexity index is 1150. The quantitative estimate of drug-likeness (QED) is 0.515. The third-order valence-electron chi connectivity index (χ3n) is 5.89. The van der Waals surface area contributed by atoms with E-state index in [1.807, 2.05) is 27.7 Å². The molecule has 2 heterocycles. The molecule has 2 aromatic heterocycles. The number of benzene rings is 1. The summed E-state index contributed by atoms with van der Waals surface area (Å²) < 4.78 is 27.9. The summed E-state index contributed by atoms with van der Waals surface area (Å²) >= 11 is 0. The predicted molar refractivity (Wildman–Crippen MR) is 124 cm³/mol. The number of carbonyl (C=O) groups is 1. The van der Waals surface area contributed by atoms with E-state index in [0.717, 1.165) is 36.0 Å². The molecule has 33 heavy (non-hydrogen) atoms. The van der Waals surface area contributed by atoms with Gasteiger partial charge >= 0.3 is 6.09 Å². The molecule has 1 aromatic carbocycles. The number of nitrogens with zero attached hydrogens (tertiary/aromatic N) is 4. The molecule has 3 aromatic rings. The van der Waals surface area contributed by atoms with Crippen LogP contribution in [0.3, 0.4) is 0 Å². The molecular formula is C25H31FN4O3. The topological polar surface area (TPSA) is 69.5 Å². The number of hydrogen-bond donors (Lipinski definition) is 0. The number of rotatable bonds is 5. The number of carbonyl (C=O) groups excluding carboxylic acids is 1. The van der Waals surface area contributed by atoms with Crippen molar-refractivity contribution in [1.29, 1.82) is 0 Å². The molecule has 0 aliphatic heterocycles. The van der Waals surface area contributed by atoms with Crippen molar-refractivity contribution in [2.75, 3.05) is 7.05 Å². The van der Waals surface area contributed by atoms with Gasteiger partial charge in [-0.2, -0.15) is 0 Å². The minimum atomic E-state index is -0.600. The fourth-order valence-corrected chi connectivity index (χ4v) is 4.30. The molecule has 0 saturated heterocycles. The molecule has 0 spiro atoms. The van der Waals surface area contributed by atoms with Gasteiger partial charge in [-0.05, 0) is 64.8 Å². The Morgan fingerprint density at radius 1 is 1.24 bits per heavy atom. The lowest BCUT2D eigenvalue weighted by atomic mass is 10.1. The number of hydrogen-bond acceptors (Lipinski definition) is 5. The molecule has 2 atom stereocenters. The van der Waals surface area contributed by atoms with Gasteiger partial charge in [-0.25, -0.2) is 19.2 Å². The number of halogens is 1. The summed E-state index contributed by atoms with van der Waals surface area (Å²) in [7, 11) is 1.63. The minimum absolute atomic E-state index is 0.00794. The van der Waals surface area contributed by atoms with Crippen LogP contribution in [-0.2, 0) is 11.3 Å². The van der Waals surface area contributed by atoms with Gasteiger partial charge in [0.2, 0.25) is 0 Å². The Morgan fingerprint density at radius 3 is 2.79 bits per heavy atom. The number of fused-ring (bicyclic) bond motifs is 1. The fraction of sp³-hybridized carbons (Fsp3) is 0.480. The predicted octanol–water partition coefficient (Wildman–Crippen LogP) is 5.42. The third kappa shape index (κ3) is 5.26. The molecule has 1 amide bonds. The largest absolute Gasteiger partial charge is 0.490 e. The Labute approximate surface area is 193 Å². The Hall–Kier alpha value is -3.16. The van der Waals surface area contributed by atoms with Crippen LogP contribution in [-0.4, -0.2) is 44.3 Å². The van der Waals surface area contributed by atoms with Gasteiger partial charge in [-0.1, -0.05) is 0 Å². The van der Waals surface area contributed by atoms with E-state index in [1.54, 1.807) is 19.4 Å². The maximum atomic E-state index is 14.0. The minimum Gasteiger partial charge on any atom is -0.490 e. The van der Waals surface area contributed by atoms with Gasteiger partial charge in [0.15, 0.2) is 0 Å². The van der Waals surface area contributed by atoms with Gasteiger partial charge < -0.3 is 18.9 Å². The van der Waals surface area contributed by atoms with Crippen LogP contribution in [0.15, 0.2) is 36.8 Å². The Morgan fingerprint density at radius 2 is 2.03 bits per heavy atom. The number of aromatic nitrogens is 3. The highest BCUT2D eigenvalue weighted by Crippen LogP contribution is 2.36. The average Bonchev–Trinajstić information content (AvgIpc) is 3.36. The zero-order valence-electron chi connectivity index (χ0n) is 19.8. The monoisotopic (exact) mass is 454 g/mol. The van der Waals surface area contributed by atoms with Crippen LogP contribution in [0.4, 0.5) is 9.18 Å². The molecule has 0 N–H and O–H groups in total. The maximum absolute atomic E-state index is 14.0. The van der Waals surface area contributed by atoms with Crippen molar-refractivity contribution in [3.63, 3.8) is 0 Å². The summed E-state index contributed by atoms with van der Waals surface area (Å²) in [5.74, 6) is 0.223. The highest BCUT2D eigenvalue weighted by Gasteiger charge is 2.29. The van der Waals surface area contributed by atoms with Gasteiger partial charge in [0.05, 0.1) is 12.2 Å². The summed E-state index contributed by atoms with van der Waals surface area (Å²) in [4.78, 5) is 22.5. The molecule has 1 aliphatic carbocycles. The van der Waals surface area contributed by atoms with Crippen LogP contribution in [0, 0.1) is 12.7 Å². The first-order valence-electron chi connectivity index (χ1n) is 11.3. The summed E-state index contributed by atoms with van der Waals surface area (Å²) in [5.41, 5.74) is 1.92. The van der Waals surface area contributed by atoms with Crippen LogP contribution >= 0.6 is 0 Å². The fourth-order valence-electron chi connectivity index (χ4n) is 4.30. The molecule has 1 saturated carbocycles. The molecule has 1 fully saturated rings. The lowest BCUT2D eigenvalue weighted by Gasteiger charge is -2.25. The van der Waals surface area contributed by atoms with E-state index in [1.165, 1.54) is 17.0 Å². The van der Waals surface area contributed by atoms with Crippen molar-refractivity contribution in [2.24, 2.45) is 0 Å². The van der Waals surface area contributed by atoms with Crippen LogP contribution < -0.4 is 4.74 Å². The van der Waals surface area contributed by atoms with Crippen molar-refractivity contribution < 1.29 is 18.7 Å². The summed E-state index contributed by atoms with van der Waals surface area (Å²) in [6, 6.07) is 6.78. The van der Waals surface area contributed by atoms with Gasteiger partial charge in [-0.3, -0.25) is 0 Å². The van der Waals surface area contributed by atoms with Crippen molar-refractivity contribution in [3.8, 4) is 5.75 Å². The second-order valence-corrected chi connectivity index (χ2v) is 9.71. The molecule has 8 heteroatoms. The van der Waals surface area contributed by atoms with Gasteiger partial charge in [-0.15, -0.1) is 0 Å². The standard InChI is InChI=1S/C25H31FN4O3/c1-16-21-10-11-30(23(21)28-15-27-16)19-7-8-20(13-19)32-22-9-6-18(26)12-17(22)14-29(5)24(31)33-25(2,3)4/h6,9-12,15,19-20H,7-8,13-14H2,1-5H3/t19-,20+/m0/s1. The van der Waals surface area contributed by atoms with Gasteiger partial charge in [0.1, 0.15) is 35.2 Å². The molecule has 0 bridgehead atoms. The van der Waals surface area contributed by atoms with E-state index >= 15 is 0 Å². The molecule has 0 radical (unpaired) electrons. The van der Waals surface area contributed by atoms with Crippen LogP contribution in [0.2, 0.25) is 0 Å². The van der Waals surface area contributed by atoms with E-state index < -0.39 is 11.7 Å². The van der Waals surface area contributed by atoms with Crippen LogP contribution in [0.1, 0.15) is 57.3 Å². The second kappa shape index (κ2) is 9.00. The average molecular weight is 455 g/mol. The molecule has 1 aliphatic rings. The van der Waals surface area contributed by atoms with Crippen molar-refractivity contribution in [1.82, 2.24) is 19.4 Å². The maximum Gasteiger partial charge on any atom is 0.410 e. The SMILES string of the molecule is Cc1ncnc2c1ccn2[C@H]1CC[C@@H](Oc2ccc(F)cc2CN(C)C(=O)OC(C)(C)C)C1. The van der Waals surface area contributed by atoms with E-state index in [9.17, 15) is 9.18 Å². The zero-order chi connectivity index (χ0) is 23.8. The number of aryl methyl sites for hydroxylation is 1. The summed E-state index contributed by atoms with van der Waals surface area (Å²) in [5, 5.41) is 1.06. The second-order valence-electron chi connectivity index (χ2n) is 9.71. The highest BCUT2D eigenvalue weighted by molar-refractivity contribution is 5.78. The van der Waals surface area contributed by atoms with Gasteiger partial charge in [0.25, 0.3) is 0 Å². The van der Waals surface area contributed by atoms with Crippen molar-refractivity contribution in [2.45, 2.75) is 71.2 Å². The summed E-state index contributed by atoms with van der Waals surface area (Å²) in [6.45, 7) is 7.61. The smallest absolute Gasteiger partial charge is 0.410 e. The molecular weight excluding hydrogens is 423 g/mol. The van der Waals surface area contributed by atoms with E-state index in [2.05, 4.69) is 26.8 Å². The normalized spacial score (nSPS) is 18.5. The summed E-state index contributed by atoms with van der Waals surface area (Å²) in [6.07, 6.45) is 5.87. The lowest BCUT2D eigenvalue weighted by Crippen LogP contribution is -2.34. The molecule has 7 nitrogen and oxygen atoms in total. The van der Waals surface area contributed by atoms with Crippen LogP contribution in [0.5, 0.6) is 5.75 Å². The molecule has 0 unspecified atom stereocenters.